The van der Waals surface area contributed by atoms with E-state index in [1.54, 1.807) is 0 Å². The molecule has 0 saturated carbocycles. The zero-order chi connectivity index (χ0) is 11.4. The summed E-state index contributed by atoms with van der Waals surface area (Å²) in [5.74, 6) is -3.45. The predicted molar refractivity (Wildman–Crippen MR) is 58.7 cm³/mol. The summed E-state index contributed by atoms with van der Waals surface area (Å²) in [5, 5.41) is 3.13. The van der Waals surface area contributed by atoms with Crippen LogP contribution in [0.15, 0.2) is 0 Å². The Morgan fingerprint density at radius 3 is 2.50 bits per heavy atom. The Kier molecular flexibility index (Phi) is 4.14. The summed E-state index contributed by atoms with van der Waals surface area (Å²) >= 11 is 0. The maximum atomic E-state index is 14.3. The summed E-state index contributed by atoms with van der Waals surface area (Å²) in [7, 11) is 0. The monoisotopic (exact) mass is 233 g/mol. The maximum Gasteiger partial charge on any atom is 0.255 e. The van der Waals surface area contributed by atoms with Gasteiger partial charge in [0.05, 0.1) is 0 Å². The van der Waals surface area contributed by atoms with E-state index in [1.165, 1.54) is 0 Å². The molecule has 0 aromatic rings. The molecule has 4 heteroatoms. The molecule has 2 fully saturated rings. The number of alkyl halides is 2. The van der Waals surface area contributed by atoms with Crippen molar-refractivity contribution in [3.8, 4) is 0 Å². The Morgan fingerprint density at radius 1 is 1.00 bits per heavy atom. The molecule has 0 bridgehead atoms. The van der Waals surface area contributed by atoms with Gasteiger partial charge in [0, 0.05) is 31.6 Å². The largest absolute Gasteiger partial charge is 0.381 e. The highest BCUT2D eigenvalue weighted by atomic mass is 19.3. The van der Waals surface area contributed by atoms with Crippen molar-refractivity contribution in [1.29, 1.82) is 0 Å². The molecule has 0 radical (unpaired) electrons. The summed E-state index contributed by atoms with van der Waals surface area (Å²) in [5.41, 5.74) is 0. The molecule has 2 aliphatic rings. The molecule has 0 aromatic heterocycles. The average Bonchev–Trinajstić information content (AvgIpc) is 2.59. The lowest BCUT2D eigenvalue weighted by molar-refractivity contribution is -0.135. The highest BCUT2D eigenvalue weighted by Gasteiger charge is 2.46. The first kappa shape index (κ1) is 12.2. The Hall–Kier alpha value is -0.220. The third kappa shape index (κ3) is 2.72. The third-order valence-corrected chi connectivity index (χ3v) is 3.86. The van der Waals surface area contributed by atoms with Crippen molar-refractivity contribution in [3.63, 3.8) is 0 Å². The van der Waals surface area contributed by atoms with E-state index < -0.39 is 17.8 Å². The van der Waals surface area contributed by atoms with Gasteiger partial charge in [0.25, 0.3) is 5.92 Å². The molecule has 0 aliphatic carbocycles. The van der Waals surface area contributed by atoms with Crippen molar-refractivity contribution in [1.82, 2.24) is 5.32 Å². The number of rotatable bonds is 2. The second kappa shape index (κ2) is 5.41. The van der Waals surface area contributed by atoms with E-state index in [0.29, 0.717) is 39.0 Å². The van der Waals surface area contributed by atoms with Crippen LogP contribution in [0.4, 0.5) is 8.78 Å². The van der Waals surface area contributed by atoms with E-state index in [4.69, 9.17) is 4.74 Å². The molecule has 0 amide bonds. The first-order valence-electron chi connectivity index (χ1n) is 6.37. The van der Waals surface area contributed by atoms with E-state index in [1.807, 2.05) is 0 Å². The van der Waals surface area contributed by atoms with E-state index in [0.717, 1.165) is 19.4 Å². The Labute approximate surface area is 95.7 Å². The molecule has 2 rings (SSSR count). The van der Waals surface area contributed by atoms with Gasteiger partial charge >= 0.3 is 0 Å². The van der Waals surface area contributed by atoms with Crippen molar-refractivity contribution in [3.05, 3.63) is 0 Å². The summed E-state index contributed by atoms with van der Waals surface area (Å²) in [6.45, 7) is 2.37. The number of hydrogen-bond acceptors (Lipinski definition) is 2. The summed E-state index contributed by atoms with van der Waals surface area (Å²) in [6.07, 6.45) is 3.65. The molecular weight excluding hydrogens is 212 g/mol. The quantitative estimate of drug-likeness (QED) is 0.791. The van der Waals surface area contributed by atoms with Gasteiger partial charge in [-0.3, -0.25) is 0 Å². The Morgan fingerprint density at radius 2 is 1.75 bits per heavy atom. The Balaban J connectivity index is 1.97. The minimum absolute atomic E-state index is 0.467. The van der Waals surface area contributed by atoms with Crippen LogP contribution in [0, 0.1) is 11.8 Å². The fourth-order valence-electron chi connectivity index (χ4n) is 2.76. The van der Waals surface area contributed by atoms with Gasteiger partial charge in [0.2, 0.25) is 0 Å². The average molecular weight is 233 g/mol. The lowest BCUT2D eigenvalue weighted by Crippen LogP contribution is -2.43. The molecule has 1 atom stereocenters. The van der Waals surface area contributed by atoms with E-state index >= 15 is 0 Å². The number of halogens is 2. The fourth-order valence-corrected chi connectivity index (χ4v) is 2.76. The van der Waals surface area contributed by atoms with Crippen LogP contribution in [0.25, 0.3) is 0 Å². The topological polar surface area (TPSA) is 21.3 Å². The number of ether oxygens (including phenoxy) is 1. The highest BCUT2D eigenvalue weighted by Crippen LogP contribution is 2.40. The SMILES string of the molecule is FC(F)(C1CCOCC1)C1CCCCNC1. The van der Waals surface area contributed by atoms with Crippen LogP contribution in [0.5, 0.6) is 0 Å². The lowest BCUT2D eigenvalue weighted by atomic mass is 9.82. The summed E-state index contributed by atoms with van der Waals surface area (Å²) in [4.78, 5) is 0. The Bertz CT molecular complexity index is 209. The van der Waals surface area contributed by atoms with Crippen LogP contribution >= 0.6 is 0 Å². The smallest absolute Gasteiger partial charge is 0.255 e. The molecular formula is C12H21F2NO. The second-order valence-corrected chi connectivity index (χ2v) is 4.96. The van der Waals surface area contributed by atoms with Crippen LogP contribution in [0.2, 0.25) is 0 Å². The maximum absolute atomic E-state index is 14.3. The van der Waals surface area contributed by atoms with Crippen LogP contribution < -0.4 is 5.32 Å². The van der Waals surface area contributed by atoms with E-state index in [-0.39, 0.29) is 0 Å². The van der Waals surface area contributed by atoms with Gasteiger partial charge in [0.15, 0.2) is 0 Å². The lowest BCUT2D eigenvalue weighted by Gasteiger charge is -2.35. The molecule has 0 spiro atoms. The van der Waals surface area contributed by atoms with Crippen molar-refractivity contribution in [2.75, 3.05) is 26.3 Å². The molecule has 0 aromatic carbocycles. The van der Waals surface area contributed by atoms with E-state index in [2.05, 4.69) is 5.32 Å². The van der Waals surface area contributed by atoms with Crippen molar-refractivity contribution >= 4 is 0 Å². The molecule has 2 aliphatic heterocycles. The second-order valence-electron chi connectivity index (χ2n) is 4.96. The molecule has 1 N–H and O–H groups in total. The zero-order valence-electron chi connectivity index (χ0n) is 9.68. The minimum atomic E-state index is -2.51. The predicted octanol–water partition coefficient (Wildman–Crippen LogP) is 2.44. The van der Waals surface area contributed by atoms with Crippen LogP contribution in [-0.4, -0.2) is 32.2 Å². The number of nitrogens with one attached hydrogen (secondary N) is 1. The molecule has 94 valence electrons. The standard InChI is InChI=1S/C12H21F2NO/c13-12(14,10-4-7-16-8-5-10)11-3-1-2-6-15-9-11/h10-11,15H,1-9H2. The van der Waals surface area contributed by atoms with Crippen LogP contribution in [-0.2, 0) is 4.74 Å². The molecule has 2 nitrogen and oxygen atoms in total. The van der Waals surface area contributed by atoms with Gasteiger partial charge < -0.3 is 10.1 Å². The van der Waals surface area contributed by atoms with E-state index in [9.17, 15) is 8.78 Å². The van der Waals surface area contributed by atoms with Gasteiger partial charge in [-0.1, -0.05) is 6.42 Å². The molecule has 2 heterocycles. The third-order valence-electron chi connectivity index (χ3n) is 3.86. The summed E-state index contributed by atoms with van der Waals surface area (Å²) < 4.78 is 33.7. The van der Waals surface area contributed by atoms with Gasteiger partial charge in [-0.05, 0) is 32.2 Å². The van der Waals surface area contributed by atoms with Crippen LogP contribution in [0.3, 0.4) is 0 Å². The molecule has 2 saturated heterocycles. The first-order valence-corrected chi connectivity index (χ1v) is 6.37. The molecule has 1 unspecified atom stereocenters. The normalized spacial score (nSPS) is 30.0. The van der Waals surface area contributed by atoms with Crippen molar-refractivity contribution < 1.29 is 13.5 Å². The number of hydrogen-bond donors (Lipinski definition) is 1. The molecule has 16 heavy (non-hydrogen) atoms. The first-order chi connectivity index (χ1) is 7.71. The minimum Gasteiger partial charge on any atom is -0.381 e. The zero-order valence-corrected chi connectivity index (χ0v) is 9.68. The van der Waals surface area contributed by atoms with Gasteiger partial charge in [-0.15, -0.1) is 0 Å². The van der Waals surface area contributed by atoms with Gasteiger partial charge in [-0.25, -0.2) is 8.78 Å². The van der Waals surface area contributed by atoms with Crippen molar-refractivity contribution in [2.45, 2.75) is 38.0 Å². The van der Waals surface area contributed by atoms with Gasteiger partial charge in [0.1, 0.15) is 0 Å². The summed E-state index contributed by atoms with van der Waals surface area (Å²) in [6, 6.07) is 0. The van der Waals surface area contributed by atoms with Gasteiger partial charge in [-0.2, -0.15) is 0 Å². The highest BCUT2D eigenvalue weighted by molar-refractivity contribution is 4.87. The fraction of sp³-hybridized carbons (Fsp3) is 1.00. The van der Waals surface area contributed by atoms with Crippen molar-refractivity contribution in [2.24, 2.45) is 11.8 Å². The van der Waals surface area contributed by atoms with Crippen LogP contribution in [0.1, 0.15) is 32.1 Å².